The highest BCUT2D eigenvalue weighted by molar-refractivity contribution is 5.94. The van der Waals surface area contributed by atoms with Crippen molar-refractivity contribution in [1.82, 2.24) is 5.32 Å². The first-order chi connectivity index (χ1) is 9.81. The number of esters is 1. The Morgan fingerprint density at radius 3 is 2.33 bits per heavy atom. The van der Waals surface area contributed by atoms with Crippen LogP contribution >= 0.6 is 0 Å². The summed E-state index contributed by atoms with van der Waals surface area (Å²) in [4.78, 5) is 23.3. The van der Waals surface area contributed by atoms with E-state index in [4.69, 9.17) is 9.47 Å². The van der Waals surface area contributed by atoms with Gasteiger partial charge < -0.3 is 14.8 Å². The summed E-state index contributed by atoms with van der Waals surface area (Å²) in [5.74, 6) is -0.491. The van der Waals surface area contributed by atoms with Crippen LogP contribution in [-0.4, -0.2) is 31.3 Å². The third-order valence-electron chi connectivity index (χ3n) is 2.41. The molecule has 0 unspecified atom stereocenters. The maximum atomic E-state index is 11.7. The molecule has 0 aliphatic carbocycles. The van der Waals surface area contributed by atoms with E-state index in [0.717, 1.165) is 5.56 Å². The first-order valence-electron chi connectivity index (χ1n) is 6.62. The van der Waals surface area contributed by atoms with Gasteiger partial charge in [0.1, 0.15) is 5.60 Å². The lowest BCUT2D eigenvalue weighted by molar-refractivity contribution is -0.136. The van der Waals surface area contributed by atoms with Crippen LogP contribution in [0.5, 0.6) is 0 Å². The zero-order valence-electron chi connectivity index (χ0n) is 12.8. The summed E-state index contributed by atoms with van der Waals surface area (Å²) in [5, 5.41) is 2.54. The number of methoxy groups -OCH3 is 1. The van der Waals surface area contributed by atoms with Gasteiger partial charge in [0, 0.05) is 0 Å². The summed E-state index contributed by atoms with van der Waals surface area (Å²) in [6.45, 7) is 5.35. The molecule has 21 heavy (non-hydrogen) atoms. The third kappa shape index (κ3) is 6.61. The Morgan fingerprint density at radius 1 is 1.19 bits per heavy atom. The molecule has 0 spiro atoms. The Kier molecular flexibility index (Phi) is 5.96. The summed E-state index contributed by atoms with van der Waals surface area (Å²) in [6, 6.07) is 9.32. The van der Waals surface area contributed by atoms with Crippen LogP contribution in [0.4, 0.5) is 4.79 Å². The van der Waals surface area contributed by atoms with E-state index in [9.17, 15) is 9.59 Å². The Morgan fingerprint density at radius 2 is 1.81 bits per heavy atom. The quantitative estimate of drug-likeness (QED) is 0.684. The van der Waals surface area contributed by atoms with Crippen LogP contribution in [0.3, 0.4) is 0 Å². The maximum absolute atomic E-state index is 11.7. The van der Waals surface area contributed by atoms with Gasteiger partial charge in [-0.05, 0) is 32.4 Å². The Balaban J connectivity index is 2.75. The highest BCUT2D eigenvalue weighted by Crippen LogP contribution is 2.09. The van der Waals surface area contributed by atoms with Crippen molar-refractivity contribution in [3.05, 3.63) is 41.5 Å². The first kappa shape index (κ1) is 16.8. The molecule has 1 aromatic carbocycles. The van der Waals surface area contributed by atoms with Crippen LogP contribution in [0.25, 0.3) is 6.08 Å². The van der Waals surface area contributed by atoms with E-state index in [1.165, 1.54) is 7.11 Å². The number of alkyl carbamates (subject to hydrolysis) is 1. The first-order valence-corrected chi connectivity index (χ1v) is 6.62. The van der Waals surface area contributed by atoms with E-state index in [-0.39, 0.29) is 6.54 Å². The minimum absolute atomic E-state index is 0.0382. The maximum Gasteiger partial charge on any atom is 0.407 e. The Labute approximate surface area is 124 Å². The van der Waals surface area contributed by atoms with E-state index < -0.39 is 17.7 Å². The molecular formula is C16H21NO4. The number of hydrogen-bond acceptors (Lipinski definition) is 4. The highest BCUT2D eigenvalue weighted by atomic mass is 16.6. The van der Waals surface area contributed by atoms with E-state index in [2.05, 4.69) is 5.32 Å². The van der Waals surface area contributed by atoms with Gasteiger partial charge >= 0.3 is 12.1 Å². The van der Waals surface area contributed by atoms with Crippen LogP contribution < -0.4 is 5.32 Å². The van der Waals surface area contributed by atoms with Gasteiger partial charge in [0.2, 0.25) is 0 Å². The van der Waals surface area contributed by atoms with E-state index in [1.807, 2.05) is 30.3 Å². The molecule has 0 saturated heterocycles. The fourth-order valence-corrected chi connectivity index (χ4v) is 1.55. The number of nitrogens with one attached hydrogen (secondary N) is 1. The van der Waals surface area contributed by atoms with Crippen molar-refractivity contribution in [1.29, 1.82) is 0 Å². The highest BCUT2D eigenvalue weighted by Gasteiger charge is 2.17. The summed E-state index contributed by atoms with van der Waals surface area (Å²) in [5.41, 5.74) is 0.608. The van der Waals surface area contributed by atoms with Crippen molar-refractivity contribution in [2.24, 2.45) is 0 Å². The largest absolute Gasteiger partial charge is 0.466 e. The van der Waals surface area contributed by atoms with Crippen LogP contribution in [0, 0.1) is 0 Å². The average molecular weight is 291 g/mol. The Bertz CT molecular complexity index is 515. The van der Waals surface area contributed by atoms with Gasteiger partial charge in [0.25, 0.3) is 0 Å². The molecule has 0 atom stereocenters. The minimum Gasteiger partial charge on any atom is -0.466 e. The molecule has 0 aliphatic rings. The van der Waals surface area contributed by atoms with Gasteiger partial charge in [0.15, 0.2) is 0 Å². The second-order valence-corrected chi connectivity index (χ2v) is 5.43. The van der Waals surface area contributed by atoms with E-state index >= 15 is 0 Å². The number of carbonyl (C=O) groups excluding carboxylic acids is 2. The fourth-order valence-electron chi connectivity index (χ4n) is 1.55. The Hall–Kier alpha value is -2.30. The summed E-state index contributed by atoms with van der Waals surface area (Å²) in [7, 11) is 1.30. The molecular weight excluding hydrogens is 270 g/mol. The molecule has 0 fully saturated rings. The number of ether oxygens (including phenoxy) is 2. The zero-order chi connectivity index (χ0) is 15.9. The summed E-state index contributed by atoms with van der Waals surface area (Å²) >= 11 is 0. The number of benzene rings is 1. The van der Waals surface area contributed by atoms with Crippen molar-refractivity contribution in [3.63, 3.8) is 0 Å². The lowest BCUT2D eigenvalue weighted by Gasteiger charge is -2.19. The van der Waals surface area contributed by atoms with Gasteiger partial charge in [-0.1, -0.05) is 30.3 Å². The predicted molar refractivity (Wildman–Crippen MR) is 80.7 cm³/mol. The predicted octanol–water partition coefficient (Wildman–Crippen LogP) is 2.77. The molecule has 0 saturated carbocycles. The third-order valence-corrected chi connectivity index (χ3v) is 2.41. The van der Waals surface area contributed by atoms with Gasteiger partial charge in [-0.25, -0.2) is 9.59 Å². The molecule has 1 N–H and O–H groups in total. The molecule has 0 heterocycles. The van der Waals surface area contributed by atoms with Crippen molar-refractivity contribution >= 4 is 18.1 Å². The van der Waals surface area contributed by atoms with Crippen molar-refractivity contribution in [2.75, 3.05) is 13.7 Å². The lowest BCUT2D eigenvalue weighted by Crippen LogP contribution is -2.34. The van der Waals surface area contributed by atoms with E-state index in [1.54, 1.807) is 26.8 Å². The zero-order valence-corrected chi connectivity index (χ0v) is 12.8. The molecule has 5 heteroatoms. The number of hydrogen-bond donors (Lipinski definition) is 1. The fraction of sp³-hybridized carbons (Fsp3) is 0.375. The van der Waals surface area contributed by atoms with Crippen molar-refractivity contribution in [3.8, 4) is 0 Å². The molecule has 114 valence electrons. The second kappa shape index (κ2) is 7.47. The van der Waals surface area contributed by atoms with Gasteiger partial charge in [0.05, 0.1) is 19.2 Å². The number of carbonyl (C=O) groups is 2. The lowest BCUT2D eigenvalue weighted by atomic mass is 10.1. The topological polar surface area (TPSA) is 64.6 Å². The molecule has 1 amide bonds. The van der Waals surface area contributed by atoms with Gasteiger partial charge in [-0.2, -0.15) is 0 Å². The molecule has 0 aliphatic heterocycles. The second-order valence-electron chi connectivity index (χ2n) is 5.43. The summed E-state index contributed by atoms with van der Waals surface area (Å²) in [6.07, 6.45) is 1.09. The number of amides is 1. The molecule has 1 aromatic rings. The standard InChI is InChI=1S/C16H21NO4/c1-16(2,3)21-15(19)17-11-13(14(18)20-4)10-12-8-6-5-7-9-12/h5-10H,11H2,1-4H3,(H,17,19)/b13-10+. The molecule has 0 radical (unpaired) electrons. The van der Waals surface area contributed by atoms with E-state index in [0.29, 0.717) is 5.57 Å². The SMILES string of the molecule is COC(=O)/C(=C/c1ccccc1)CNC(=O)OC(C)(C)C. The van der Waals surface area contributed by atoms with Gasteiger partial charge in [-0.3, -0.25) is 0 Å². The normalized spacial score (nSPS) is 11.7. The van der Waals surface area contributed by atoms with Crippen molar-refractivity contribution < 1.29 is 19.1 Å². The average Bonchev–Trinajstić information content (AvgIpc) is 2.41. The smallest absolute Gasteiger partial charge is 0.407 e. The summed E-state index contributed by atoms with van der Waals surface area (Å²) < 4.78 is 9.84. The van der Waals surface area contributed by atoms with Crippen LogP contribution in [-0.2, 0) is 14.3 Å². The van der Waals surface area contributed by atoms with Gasteiger partial charge in [-0.15, -0.1) is 0 Å². The van der Waals surface area contributed by atoms with Crippen LogP contribution in [0.15, 0.2) is 35.9 Å². The van der Waals surface area contributed by atoms with Crippen molar-refractivity contribution in [2.45, 2.75) is 26.4 Å². The monoisotopic (exact) mass is 291 g/mol. The van der Waals surface area contributed by atoms with Crippen LogP contribution in [0.1, 0.15) is 26.3 Å². The molecule has 0 aromatic heterocycles. The minimum atomic E-state index is -0.585. The van der Waals surface area contributed by atoms with Crippen LogP contribution in [0.2, 0.25) is 0 Å². The molecule has 5 nitrogen and oxygen atoms in total. The molecule has 0 bridgehead atoms. The molecule has 1 rings (SSSR count). The number of rotatable bonds is 4.